The molecule has 0 N–H and O–H groups in total. The Hall–Kier alpha value is -2.48. The molecule has 7 heteroatoms. The third-order valence-electron chi connectivity index (χ3n) is 9.33. The van der Waals surface area contributed by atoms with Gasteiger partial charge in [-0.3, -0.25) is 0 Å². The van der Waals surface area contributed by atoms with E-state index in [1.54, 1.807) is 0 Å². The predicted octanol–water partition coefficient (Wildman–Crippen LogP) is 13.2. The first-order valence-electron chi connectivity index (χ1n) is 21.3. The molecule has 0 radical (unpaired) electrons. The van der Waals surface area contributed by atoms with Gasteiger partial charge in [0.1, 0.15) is 24.1 Å². The van der Waals surface area contributed by atoms with E-state index in [4.69, 9.17) is 18.9 Å². The highest BCUT2D eigenvalue weighted by atomic mass is 16.5. The molecule has 7 nitrogen and oxygen atoms in total. The van der Waals surface area contributed by atoms with E-state index in [1.807, 2.05) is 48.5 Å². The van der Waals surface area contributed by atoms with Crippen LogP contribution in [0.2, 0.25) is 0 Å². The molecule has 1 unspecified atom stereocenters. The minimum absolute atomic E-state index is 0.136. The molecule has 0 bridgehead atoms. The fourth-order valence-corrected chi connectivity index (χ4v) is 6.25. The van der Waals surface area contributed by atoms with Crippen molar-refractivity contribution in [1.82, 2.24) is 0 Å². The minimum Gasteiger partial charge on any atom is -0.494 e. The van der Waals surface area contributed by atoms with Gasteiger partial charge in [-0.2, -0.15) is 10.2 Å². The number of rotatable bonds is 35. The second-order valence-electron chi connectivity index (χ2n) is 15.6. The average molecular weight is 725 g/mol. The number of azo groups is 1. The quantitative estimate of drug-likeness (QED) is 0.0403. The Kier molecular flexibility index (Phi) is 27.2. The molecule has 1 atom stereocenters. The average Bonchev–Trinajstić information content (AvgIpc) is 3.13. The normalized spacial score (nSPS) is 12.5. The van der Waals surface area contributed by atoms with E-state index in [9.17, 15) is 0 Å². The fraction of sp³-hybridized carbons (Fsp3) is 0.733. The van der Waals surface area contributed by atoms with E-state index in [0.717, 1.165) is 79.4 Å². The Morgan fingerprint density at radius 3 is 1.27 bits per heavy atom. The Morgan fingerprint density at radius 1 is 0.462 bits per heavy atom. The highest BCUT2D eigenvalue weighted by Gasteiger charge is 2.19. The van der Waals surface area contributed by atoms with Crippen molar-refractivity contribution in [2.75, 3.05) is 60.7 Å². The van der Waals surface area contributed by atoms with Crippen molar-refractivity contribution in [3.05, 3.63) is 48.5 Å². The standard InChI is InChI=1S/C45H78N3O4/c1-6-8-10-11-12-13-14-15-16-17-18-19-20-21-22-24-37-52-45(39-48(3,4)5)40-49-35-25-26-38-51-44-33-29-42(30-34-44)47-46-41-27-31-43(32-28-41)50-36-23-9-7-2/h27-34,45H,6-26,35-40H2,1-5H3/q+1. The Morgan fingerprint density at radius 2 is 0.827 bits per heavy atom. The zero-order valence-corrected chi connectivity index (χ0v) is 34.3. The van der Waals surface area contributed by atoms with Gasteiger partial charge in [0.25, 0.3) is 0 Å². The van der Waals surface area contributed by atoms with Crippen molar-refractivity contribution in [3.8, 4) is 11.5 Å². The predicted molar refractivity (Wildman–Crippen MR) is 220 cm³/mol. The summed E-state index contributed by atoms with van der Waals surface area (Å²) in [6.07, 6.45) is 27.7. The zero-order valence-electron chi connectivity index (χ0n) is 34.3. The number of hydrogen-bond acceptors (Lipinski definition) is 6. The number of unbranched alkanes of at least 4 members (excludes halogenated alkanes) is 18. The highest BCUT2D eigenvalue weighted by molar-refractivity contribution is 5.44. The maximum Gasteiger partial charge on any atom is 0.130 e. The third kappa shape index (κ3) is 26.3. The Balaban J connectivity index is 1.48. The Bertz CT molecular complexity index is 1100. The monoisotopic (exact) mass is 725 g/mol. The second-order valence-corrected chi connectivity index (χ2v) is 15.6. The molecular weight excluding hydrogens is 647 g/mol. The molecule has 0 amide bonds. The summed E-state index contributed by atoms with van der Waals surface area (Å²) in [7, 11) is 6.67. The highest BCUT2D eigenvalue weighted by Crippen LogP contribution is 2.23. The first kappa shape index (κ1) is 45.7. The second kappa shape index (κ2) is 30.9. The van der Waals surface area contributed by atoms with E-state index in [0.29, 0.717) is 13.2 Å². The lowest BCUT2D eigenvalue weighted by Crippen LogP contribution is -2.44. The first-order chi connectivity index (χ1) is 25.4. The number of ether oxygens (including phenoxy) is 4. The van der Waals surface area contributed by atoms with Crippen LogP contribution >= 0.6 is 0 Å². The lowest BCUT2D eigenvalue weighted by Gasteiger charge is -2.29. The molecule has 2 rings (SSSR count). The van der Waals surface area contributed by atoms with Gasteiger partial charge in [0.15, 0.2) is 0 Å². The smallest absolute Gasteiger partial charge is 0.130 e. The third-order valence-corrected chi connectivity index (χ3v) is 9.33. The summed E-state index contributed by atoms with van der Waals surface area (Å²) in [5.41, 5.74) is 1.59. The van der Waals surface area contributed by atoms with Gasteiger partial charge >= 0.3 is 0 Å². The largest absolute Gasteiger partial charge is 0.494 e. The molecule has 0 aliphatic heterocycles. The maximum absolute atomic E-state index is 6.31. The summed E-state index contributed by atoms with van der Waals surface area (Å²) in [5.74, 6) is 1.71. The fourth-order valence-electron chi connectivity index (χ4n) is 6.25. The van der Waals surface area contributed by atoms with Crippen molar-refractivity contribution < 1.29 is 23.4 Å². The van der Waals surface area contributed by atoms with Crippen LogP contribution in [0.15, 0.2) is 58.8 Å². The van der Waals surface area contributed by atoms with Crippen LogP contribution < -0.4 is 9.47 Å². The van der Waals surface area contributed by atoms with Gasteiger partial charge in [-0.15, -0.1) is 0 Å². The van der Waals surface area contributed by atoms with Crippen LogP contribution in [0.4, 0.5) is 11.4 Å². The van der Waals surface area contributed by atoms with Gasteiger partial charge in [0, 0.05) is 13.2 Å². The van der Waals surface area contributed by atoms with Crippen LogP contribution in [-0.4, -0.2) is 71.3 Å². The maximum atomic E-state index is 6.31. The summed E-state index contributed by atoms with van der Waals surface area (Å²) >= 11 is 0. The summed E-state index contributed by atoms with van der Waals surface area (Å²) in [4.78, 5) is 0. The topological polar surface area (TPSA) is 61.6 Å². The molecule has 0 aliphatic rings. The molecule has 0 spiro atoms. The van der Waals surface area contributed by atoms with E-state index >= 15 is 0 Å². The van der Waals surface area contributed by atoms with Crippen LogP contribution in [0.3, 0.4) is 0 Å². The lowest BCUT2D eigenvalue weighted by atomic mass is 10.0. The molecule has 0 heterocycles. The Labute approximate surface area is 319 Å². The van der Waals surface area contributed by atoms with Crippen molar-refractivity contribution in [2.45, 2.75) is 155 Å². The molecule has 0 saturated heterocycles. The van der Waals surface area contributed by atoms with Gasteiger partial charge in [-0.05, 0) is 74.2 Å². The van der Waals surface area contributed by atoms with Crippen molar-refractivity contribution in [2.24, 2.45) is 10.2 Å². The van der Waals surface area contributed by atoms with Crippen molar-refractivity contribution >= 4 is 11.4 Å². The molecule has 2 aromatic carbocycles. The SMILES string of the molecule is CCCCCCCCCCCCCCCCCCOC(COCCCCOc1ccc(N=Nc2ccc(OCCCCC)cc2)cc1)C[N+](C)(C)C. The van der Waals surface area contributed by atoms with Gasteiger partial charge in [-0.1, -0.05) is 123 Å². The number of hydrogen-bond donors (Lipinski definition) is 0. The van der Waals surface area contributed by atoms with E-state index in [2.05, 4.69) is 45.2 Å². The van der Waals surface area contributed by atoms with Gasteiger partial charge < -0.3 is 23.4 Å². The summed E-state index contributed by atoms with van der Waals surface area (Å²) < 4.78 is 25.0. The number of likely N-dealkylation sites (N-methyl/N-ethyl adjacent to an activating group) is 1. The van der Waals surface area contributed by atoms with E-state index in [-0.39, 0.29) is 6.10 Å². The van der Waals surface area contributed by atoms with Crippen LogP contribution in [0, 0.1) is 0 Å². The number of nitrogens with zero attached hydrogens (tertiary/aromatic N) is 3. The van der Waals surface area contributed by atoms with Gasteiger partial charge in [-0.25, -0.2) is 0 Å². The summed E-state index contributed by atoms with van der Waals surface area (Å²) in [5, 5.41) is 8.71. The molecule has 52 heavy (non-hydrogen) atoms. The van der Waals surface area contributed by atoms with Crippen molar-refractivity contribution in [3.63, 3.8) is 0 Å². The van der Waals surface area contributed by atoms with E-state index in [1.165, 1.54) is 109 Å². The van der Waals surface area contributed by atoms with Crippen LogP contribution in [0.1, 0.15) is 149 Å². The first-order valence-corrected chi connectivity index (χ1v) is 21.3. The number of quaternary nitrogens is 1. The molecule has 2 aromatic rings. The lowest BCUT2D eigenvalue weighted by molar-refractivity contribution is -0.873. The van der Waals surface area contributed by atoms with Crippen LogP contribution in [0.5, 0.6) is 11.5 Å². The minimum atomic E-state index is 0.136. The molecule has 0 aromatic heterocycles. The summed E-state index contributed by atoms with van der Waals surface area (Å²) in [6, 6.07) is 15.5. The van der Waals surface area contributed by atoms with Gasteiger partial charge in [0.2, 0.25) is 0 Å². The van der Waals surface area contributed by atoms with Gasteiger partial charge in [0.05, 0.1) is 52.3 Å². The van der Waals surface area contributed by atoms with Crippen LogP contribution in [0.25, 0.3) is 0 Å². The molecule has 296 valence electrons. The summed E-state index contributed by atoms with van der Waals surface area (Å²) in [6.45, 7) is 9.08. The van der Waals surface area contributed by atoms with Crippen molar-refractivity contribution in [1.29, 1.82) is 0 Å². The zero-order chi connectivity index (χ0) is 37.4. The molecule has 0 aliphatic carbocycles. The van der Waals surface area contributed by atoms with E-state index < -0.39 is 0 Å². The molecular formula is C45H78N3O4+. The number of benzene rings is 2. The molecule has 0 saturated carbocycles. The molecule has 0 fully saturated rings. The van der Waals surface area contributed by atoms with Crippen LogP contribution in [-0.2, 0) is 9.47 Å².